The van der Waals surface area contributed by atoms with Crippen molar-refractivity contribution in [2.45, 2.75) is 25.8 Å². The second-order valence-electron chi connectivity index (χ2n) is 5.44. The fourth-order valence-corrected chi connectivity index (χ4v) is 2.81. The van der Waals surface area contributed by atoms with Gasteiger partial charge in [-0.3, -0.25) is 4.90 Å². The standard InChI is InChI=1S/C15H23N3O2/c16-15(17-20)14-5-3-13(4-6-14)11-18-8-1-2-12(10-18)7-9-19/h3-6,12,19-20H,1-2,7-11H2,(H2,16,17). The van der Waals surface area contributed by atoms with Crippen LogP contribution in [0.15, 0.2) is 29.4 Å². The molecule has 110 valence electrons. The number of nitrogens with zero attached hydrogens (tertiary/aromatic N) is 2. The van der Waals surface area contributed by atoms with Crippen LogP contribution in [0.4, 0.5) is 0 Å². The Labute approximate surface area is 119 Å². The minimum atomic E-state index is 0.137. The molecule has 1 saturated heterocycles. The molecule has 1 aromatic carbocycles. The van der Waals surface area contributed by atoms with Gasteiger partial charge in [0.2, 0.25) is 0 Å². The van der Waals surface area contributed by atoms with Crippen molar-refractivity contribution in [1.29, 1.82) is 0 Å². The number of amidine groups is 1. The first-order valence-electron chi connectivity index (χ1n) is 7.13. The Morgan fingerprint density at radius 1 is 1.35 bits per heavy atom. The van der Waals surface area contributed by atoms with Gasteiger partial charge in [0.1, 0.15) is 0 Å². The zero-order chi connectivity index (χ0) is 14.4. The highest BCUT2D eigenvalue weighted by Gasteiger charge is 2.19. The quantitative estimate of drug-likeness (QED) is 0.329. The van der Waals surface area contributed by atoms with Crippen LogP contribution >= 0.6 is 0 Å². The van der Waals surface area contributed by atoms with Crippen LogP contribution in [0.5, 0.6) is 0 Å². The summed E-state index contributed by atoms with van der Waals surface area (Å²) in [6.07, 6.45) is 3.32. The smallest absolute Gasteiger partial charge is 0.170 e. The highest BCUT2D eigenvalue weighted by Crippen LogP contribution is 2.21. The zero-order valence-electron chi connectivity index (χ0n) is 11.7. The molecule has 1 fully saturated rings. The molecule has 0 spiro atoms. The zero-order valence-corrected chi connectivity index (χ0v) is 11.7. The molecule has 4 N–H and O–H groups in total. The first-order valence-corrected chi connectivity index (χ1v) is 7.13. The van der Waals surface area contributed by atoms with Gasteiger partial charge in [0.15, 0.2) is 5.84 Å². The van der Waals surface area contributed by atoms with E-state index in [-0.39, 0.29) is 12.4 Å². The van der Waals surface area contributed by atoms with Gasteiger partial charge in [-0.15, -0.1) is 0 Å². The Balaban J connectivity index is 1.92. The van der Waals surface area contributed by atoms with E-state index in [1.165, 1.54) is 18.4 Å². The molecular formula is C15H23N3O2. The summed E-state index contributed by atoms with van der Waals surface area (Å²) in [6.45, 7) is 3.37. The van der Waals surface area contributed by atoms with Crippen molar-refractivity contribution < 1.29 is 10.3 Å². The molecule has 1 unspecified atom stereocenters. The first kappa shape index (κ1) is 14.8. The highest BCUT2D eigenvalue weighted by molar-refractivity contribution is 5.96. The van der Waals surface area contributed by atoms with Gasteiger partial charge in [-0.25, -0.2) is 0 Å². The molecule has 5 nitrogen and oxygen atoms in total. The van der Waals surface area contributed by atoms with E-state index < -0.39 is 0 Å². The predicted molar refractivity (Wildman–Crippen MR) is 78.7 cm³/mol. The maximum absolute atomic E-state index is 9.04. The molecule has 0 saturated carbocycles. The van der Waals surface area contributed by atoms with Crippen LogP contribution in [0.3, 0.4) is 0 Å². The molecule has 0 radical (unpaired) electrons. The van der Waals surface area contributed by atoms with Gasteiger partial charge in [-0.1, -0.05) is 29.4 Å². The first-order chi connectivity index (χ1) is 9.72. The van der Waals surface area contributed by atoms with Gasteiger partial charge in [0.25, 0.3) is 0 Å². The van der Waals surface area contributed by atoms with Crippen LogP contribution in [0.25, 0.3) is 0 Å². The third kappa shape index (κ3) is 3.95. The van der Waals surface area contributed by atoms with Crippen LogP contribution in [0.2, 0.25) is 0 Å². The molecule has 0 aliphatic carbocycles. The molecule has 1 aliphatic rings. The van der Waals surface area contributed by atoms with Gasteiger partial charge < -0.3 is 16.0 Å². The molecule has 0 aromatic heterocycles. The van der Waals surface area contributed by atoms with E-state index in [1.807, 2.05) is 24.3 Å². The summed E-state index contributed by atoms with van der Waals surface area (Å²) in [4.78, 5) is 2.43. The number of aliphatic hydroxyl groups is 1. The molecule has 20 heavy (non-hydrogen) atoms. The van der Waals surface area contributed by atoms with Crippen molar-refractivity contribution in [2.24, 2.45) is 16.8 Å². The minimum absolute atomic E-state index is 0.137. The Morgan fingerprint density at radius 2 is 2.10 bits per heavy atom. The Bertz CT molecular complexity index is 443. The molecule has 1 heterocycles. The predicted octanol–water partition coefficient (Wildman–Crippen LogP) is 1.38. The maximum atomic E-state index is 9.04. The molecule has 0 amide bonds. The molecule has 1 aliphatic heterocycles. The lowest BCUT2D eigenvalue weighted by Gasteiger charge is -2.32. The van der Waals surface area contributed by atoms with Crippen molar-refractivity contribution in [3.05, 3.63) is 35.4 Å². The van der Waals surface area contributed by atoms with Gasteiger partial charge in [-0.05, 0) is 37.3 Å². The fraction of sp³-hybridized carbons (Fsp3) is 0.533. The second kappa shape index (κ2) is 7.26. The Morgan fingerprint density at radius 3 is 2.75 bits per heavy atom. The number of likely N-dealkylation sites (tertiary alicyclic amines) is 1. The average Bonchev–Trinajstić information content (AvgIpc) is 2.48. The molecule has 1 aromatic rings. The average molecular weight is 277 g/mol. The summed E-state index contributed by atoms with van der Waals surface area (Å²) in [5.41, 5.74) is 7.50. The van der Waals surface area contributed by atoms with Crippen LogP contribution in [0, 0.1) is 5.92 Å². The summed E-state index contributed by atoms with van der Waals surface area (Å²) in [6, 6.07) is 7.78. The number of hydrogen-bond donors (Lipinski definition) is 3. The number of oxime groups is 1. The lowest BCUT2D eigenvalue weighted by atomic mass is 9.95. The van der Waals surface area contributed by atoms with E-state index in [1.54, 1.807) is 0 Å². The van der Waals surface area contributed by atoms with Crippen molar-refractivity contribution in [1.82, 2.24) is 4.90 Å². The molecule has 1 atom stereocenters. The summed E-state index contributed by atoms with van der Waals surface area (Å²) in [7, 11) is 0. The summed E-state index contributed by atoms with van der Waals surface area (Å²) >= 11 is 0. The third-order valence-electron chi connectivity index (χ3n) is 3.90. The van der Waals surface area contributed by atoms with Gasteiger partial charge in [0, 0.05) is 25.3 Å². The molecule has 2 rings (SSSR count). The van der Waals surface area contributed by atoms with E-state index in [2.05, 4.69) is 10.1 Å². The lowest BCUT2D eigenvalue weighted by Crippen LogP contribution is -2.35. The maximum Gasteiger partial charge on any atom is 0.170 e. The summed E-state index contributed by atoms with van der Waals surface area (Å²) in [5, 5.41) is 20.7. The van der Waals surface area contributed by atoms with Crippen LogP contribution in [-0.4, -0.2) is 40.7 Å². The number of nitrogens with two attached hydrogens (primary N) is 1. The van der Waals surface area contributed by atoms with E-state index in [0.717, 1.165) is 31.6 Å². The number of benzene rings is 1. The monoisotopic (exact) mass is 277 g/mol. The largest absolute Gasteiger partial charge is 0.409 e. The van der Waals surface area contributed by atoms with Gasteiger partial charge in [-0.2, -0.15) is 0 Å². The molecule has 5 heteroatoms. The van der Waals surface area contributed by atoms with E-state index >= 15 is 0 Å². The van der Waals surface area contributed by atoms with Crippen LogP contribution in [-0.2, 0) is 6.54 Å². The van der Waals surface area contributed by atoms with Crippen LogP contribution < -0.4 is 5.73 Å². The number of rotatable bonds is 5. The van der Waals surface area contributed by atoms with Crippen molar-refractivity contribution in [3.8, 4) is 0 Å². The Kier molecular flexibility index (Phi) is 5.38. The molecular weight excluding hydrogens is 254 g/mol. The summed E-state index contributed by atoms with van der Waals surface area (Å²) < 4.78 is 0. The number of hydrogen-bond acceptors (Lipinski definition) is 4. The number of piperidine rings is 1. The van der Waals surface area contributed by atoms with E-state index in [4.69, 9.17) is 16.0 Å². The van der Waals surface area contributed by atoms with Crippen LogP contribution in [0.1, 0.15) is 30.4 Å². The lowest BCUT2D eigenvalue weighted by molar-refractivity contribution is 0.142. The third-order valence-corrected chi connectivity index (χ3v) is 3.90. The summed E-state index contributed by atoms with van der Waals surface area (Å²) in [5.74, 6) is 0.753. The van der Waals surface area contributed by atoms with E-state index in [0.29, 0.717) is 5.92 Å². The minimum Gasteiger partial charge on any atom is -0.409 e. The second-order valence-corrected chi connectivity index (χ2v) is 5.44. The molecule has 0 bridgehead atoms. The fourth-order valence-electron chi connectivity index (χ4n) is 2.81. The number of aliphatic hydroxyl groups excluding tert-OH is 1. The van der Waals surface area contributed by atoms with E-state index in [9.17, 15) is 0 Å². The normalized spacial score (nSPS) is 21.1. The van der Waals surface area contributed by atoms with Gasteiger partial charge in [0.05, 0.1) is 0 Å². The van der Waals surface area contributed by atoms with Crippen molar-refractivity contribution in [2.75, 3.05) is 19.7 Å². The topological polar surface area (TPSA) is 82.1 Å². The SMILES string of the molecule is N/C(=N/O)c1ccc(CN2CCCC(CCO)C2)cc1. The van der Waals surface area contributed by atoms with Gasteiger partial charge >= 0.3 is 0 Å². The van der Waals surface area contributed by atoms with Crippen molar-refractivity contribution in [3.63, 3.8) is 0 Å². The van der Waals surface area contributed by atoms with Crippen molar-refractivity contribution >= 4 is 5.84 Å². The Hall–Kier alpha value is -1.59. The highest BCUT2D eigenvalue weighted by atomic mass is 16.4.